The Kier molecular flexibility index (Phi) is 5.73. The maximum atomic E-state index is 13.0. The van der Waals surface area contributed by atoms with Crippen LogP contribution in [0.1, 0.15) is 52.4 Å². The molecule has 2 saturated heterocycles. The number of nitrogens with one attached hydrogen (secondary N) is 1. The zero-order chi connectivity index (χ0) is 24.8. The number of likely N-dealkylation sites (N-methyl/N-ethyl adjacent to an activating group) is 1. The van der Waals surface area contributed by atoms with Gasteiger partial charge in [0, 0.05) is 55.3 Å². The fourth-order valence-electron chi connectivity index (χ4n) is 5.49. The van der Waals surface area contributed by atoms with Crippen molar-refractivity contribution in [3.05, 3.63) is 70.9 Å². The Bertz CT molecular complexity index is 1340. The largest absolute Gasteiger partial charge is 0.350 e. The lowest BCUT2D eigenvalue weighted by Crippen LogP contribution is -2.56. The van der Waals surface area contributed by atoms with Crippen molar-refractivity contribution in [2.45, 2.75) is 44.6 Å². The Morgan fingerprint density at radius 1 is 1.11 bits per heavy atom. The molecular weight excluding hydrogens is 460 g/mol. The number of carbonyl (C=O) groups is 3. The Hall–Kier alpha value is -3.69. The number of fused-ring (bicyclic) bond motifs is 6. The lowest BCUT2D eigenvalue weighted by molar-refractivity contribution is -0.186. The van der Waals surface area contributed by atoms with Crippen LogP contribution in [0.5, 0.6) is 0 Å². The molecule has 186 valence electrons. The molecule has 2 atom stereocenters. The van der Waals surface area contributed by atoms with Gasteiger partial charge in [-0.3, -0.25) is 14.5 Å². The average molecular weight is 489 g/mol. The van der Waals surface area contributed by atoms with Crippen molar-refractivity contribution in [1.82, 2.24) is 19.8 Å². The number of hydrogen-bond acceptors (Lipinski definition) is 5. The number of nitrogens with zero attached hydrogens (tertiary/aromatic N) is 3. The molecule has 9 heteroatoms. The second-order valence-corrected chi connectivity index (χ2v) is 9.62. The van der Waals surface area contributed by atoms with E-state index in [9.17, 15) is 14.4 Å². The molecule has 3 aliphatic rings. The molecule has 9 nitrogen and oxygen atoms in total. The topological polar surface area (TPSA) is 93.1 Å². The maximum absolute atomic E-state index is 13.0. The molecule has 3 aliphatic heterocycles. The first-order valence-electron chi connectivity index (χ1n) is 12.3. The van der Waals surface area contributed by atoms with Gasteiger partial charge in [-0.25, -0.2) is 15.1 Å². The lowest BCUT2D eigenvalue weighted by Gasteiger charge is -2.41. The molecule has 1 unspecified atom stereocenters. The number of hydroxylamine groups is 1. The molecule has 0 spiro atoms. The quantitative estimate of drug-likeness (QED) is 0.556. The van der Waals surface area contributed by atoms with Gasteiger partial charge in [0.05, 0.1) is 12.5 Å². The van der Waals surface area contributed by atoms with Gasteiger partial charge in [-0.05, 0) is 42.2 Å². The van der Waals surface area contributed by atoms with E-state index in [1.54, 1.807) is 24.1 Å². The Labute approximate surface area is 208 Å². The summed E-state index contributed by atoms with van der Waals surface area (Å²) in [5.41, 5.74) is 7.03. The first-order chi connectivity index (χ1) is 17.5. The molecule has 0 saturated carbocycles. The van der Waals surface area contributed by atoms with Crippen molar-refractivity contribution < 1.29 is 24.0 Å². The molecule has 6 rings (SSSR count). The zero-order valence-corrected chi connectivity index (χ0v) is 20.1. The van der Waals surface area contributed by atoms with E-state index in [2.05, 4.69) is 16.1 Å². The number of para-hydroxylation sites is 1. The number of amides is 4. The molecule has 4 heterocycles. The highest BCUT2D eigenvalue weighted by Gasteiger charge is 2.44. The monoisotopic (exact) mass is 488 g/mol. The minimum Gasteiger partial charge on any atom is -0.350 e. The van der Waals surface area contributed by atoms with Crippen molar-refractivity contribution in [2.75, 3.05) is 20.2 Å². The van der Waals surface area contributed by atoms with Gasteiger partial charge in [0.1, 0.15) is 0 Å². The highest BCUT2D eigenvalue weighted by Crippen LogP contribution is 2.40. The number of hydrogen-bond donors (Lipinski definition) is 1. The first kappa shape index (κ1) is 22.8. The number of rotatable bonds is 5. The second kappa shape index (κ2) is 9.07. The number of urea groups is 1. The third kappa shape index (κ3) is 3.84. The van der Waals surface area contributed by atoms with Gasteiger partial charge in [0.2, 0.25) is 5.91 Å². The standard InChI is InChI=1S/C27H28N4O5/c1-29-26(33)20-15-30(27(29)34)16-22-24(20)19-6-2-3-7-21(19)31(22)14-17-9-11-18(12-10-17)25(32)28-36-23-8-4-5-13-35-23/h2-3,6-7,9-12,20,23H,4-5,8,13-16H2,1H3,(H,28,32)/t20-,23?/m1/s1. The number of ether oxygens (including phenoxy) is 1. The Balaban J connectivity index is 1.26. The zero-order valence-electron chi connectivity index (χ0n) is 20.1. The molecule has 2 bridgehead atoms. The summed E-state index contributed by atoms with van der Waals surface area (Å²) >= 11 is 0. The fourth-order valence-corrected chi connectivity index (χ4v) is 5.49. The normalized spacial score (nSPS) is 21.6. The summed E-state index contributed by atoms with van der Waals surface area (Å²) in [7, 11) is 1.55. The van der Waals surface area contributed by atoms with E-state index < -0.39 is 6.29 Å². The van der Waals surface area contributed by atoms with Crippen LogP contribution in [0.25, 0.3) is 10.9 Å². The van der Waals surface area contributed by atoms with E-state index in [1.807, 2.05) is 30.3 Å². The summed E-state index contributed by atoms with van der Waals surface area (Å²) in [5.74, 6) is -0.834. The lowest BCUT2D eigenvalue weighted by atomic mass is 9.89. The molecule has 4 amide bonds. The third-order valence-corrected chi connectivity index (χ3v) is 7.38. The number of imide groups is 1. The predicted molar refractivity (Wildman–Crippen MR) is 131 cm³/mol. The minimum absolute atomic E-state index is 0.156. The SMILES string of the molecule is CN1C(=O)[C@@H]2CN(Cc3c2c2ccccc2n3Cc2ccc(C(=O)NOC3CCCCO3)cc2)C1=O. The van der Waals surface area contributed by atoms with E-state index in [-0.39, 0.29) is 23.8 Å². The summed E-state index contributed by atoms with van der Waals surface area (Å²) in [6.45, 7) is 2.08. The van der Waals surface area contributed by atoms with Crippen molar-refractivity contribution in [1.29, 1.82) is 0 Å². The van der Waals surface area contributed by atoms with Gasteiger partial charge < -0.3 is 14.2 Å². The molecule has 36 heavy (non-hydrogen) atoms. The predicted octanol–water partition coefficient (Wildman–Crippen LogP) is 3.37. The Morgan fingerprint density at radius 2 is 1.92 bits per heavy atom. The van der Waals surface area contributed by atoms with Gasteiger partial charge in [-0.2, -0.15) is 0 Å². The van der Waals surface area contributed by atoms with Crippen LogP contribution in [0.15, 0.2) is 48.5 Å². The van der Waals surface area contributed by atoms with Crippen LogP contribution >= 0.6 is 0 Å². The van der Waals surface area contributed by atoms with Crippen molar-refractivity contribution in [2.24, 2.45) is 0 Å². The minimum atomic E-state index is -0.399. The highest BCUT2D eigenvalue weighted by atomic mass is 16.8. The smallest absolute Gasteiger partial charge is 0.326 e. The first-order valence-corrected chi connectivity index (χ1v) is 12.3. The molecule has 3 aromatic rings. The van der Waals surface area contributed by atoms with Crippen LogP contribution in [-0.2, 0) is 27.5 Å². The molecule has 1 aromatic heterocycles. The summed E-state index contributed by atoms with van der Waals surface area (Å²) in [6, 6.07) is 15.2. The second-order valence-electron chi connectivity index (χ2n) is 9.62. The Morgan fingerprint density at radius 3 is 2.69 bits per heavy atom. The van der Waals surface area contributed by atoms with Gasteiger partial charge in [0.25, 0.3) is 5.91 Å². The van der Waals surface area contributed by atoms with Gasteiger partial charge >= 0.3 is 6.03 Å². The summed E-state index contributed by atoms with van der Waals surface area (Å²) in [4.78, 5) is 46.5. The average Bonchev–Trinajstić information content (AvgIpc) is 3.23. The van der Waals surface area contributed by atoms with Crippen molar-refractivity contribution in [3.8, 4) is 0 Å². The van der Waals surface area contributed by atoms with Crippen LogP contribution in [0.2, 0.25) is 0 Å². The maximum Gasteiger partial charge on any atom is 0.326 e. The summed E-state index contributed by atoms with van der Waals surface area (Å²) in [6.07, 6.45) is 2.39. The van der Waals surface area contributed by atoms with Gasteiger partial charge in [0.15, 0.2) is 6.29 Å². The van der Waals surface area contributed by atoms with E-state index >= 15 is 0 Å². The molecule has 0 radical (unpaired) electrons. The van der Waals surface area contributed by atoms with Crippen molar-refractivity contribution in [3.63, 3.8) is 0 Å². The summed E-state index contributed by atoms with van der Waals surface area (Å²) in [5, 5.41) is 1.05. The van der Waals surface area contributed by atoms with E-state index in [0.29, 0.717) is 31.8 Å². The fraction of sp³-hybridized carbons (Fsp3) is 0.370. The van der Waals surface area contributed by atoms with E-state index in [1.165, 1.54) is 4.90 Å². The van der Waals surface area contributed by atoms with Crippen LogP contribution in [0, 0.1) is 0 Å². The molecule has 1 N–H and O–H groups in total. The van der Waals surface area contributed by atoms with Crippen LogP contribution in [0.3, 0.4) is 0 Å². The van der Waals surface area contributed by atoms with Crippen LogP contribution < -0.4 is 5.48 Å². The molecule has 0 aliphatic carbocycles. The van der Waals surface area contributed by atoms with Crippen molar-refractivity contribution >= 4 is 28.7 Å². The highest BCUT2D eigenvalue weighted by molar-refractivity contribution is 6.04. The summed E-state index contributed by atoms with van der Waals surface area (Å²) < 4.78 is 7.67. The van der Waals surface area contributed by atoms with Gasteiger partial charge in [-0.15, -0.1) is 0 Å². The number of benzene rings is 2. The van der Waals surface area contributed by atoms with Gasteiger partial charge in [-0.1, -0.05) is 30.3 Å². The third-order valence-electron chi connectivity index (χ3n) is 7.38. The molecule has 2 aromatic carbocycles. The number of carbonyl (C=O) groups excluding carboxylic acids is 3. The molecule has 2 fully saturated rings. The van der Waals surface area contributed by atoms with Crippen LogP contribution in [0.4, 0.5) is 4.79 Å². The van der Waals surface area contributed by atoms with Crippen LogP contribution in [-0.4, -0.2) is 58.7 Å². The molecular formula is C27H28N4O5. The van der Waals surface area contributed by atoms with E-state index in [0.717, 1.165) is 47.0 Å². The van der Waals surface area contributed by atoms with E-state index in [4.69, 9.17) is 9.57 Å². The number of aromatic nitrogens is 1.